The van der Waals surface area contributed by atoms with Crippen molar-refractivity contribution in [2.75, 3.05) is 17.7 Å². The van der Waals surface area contributed by atoms with E-state index in [1.54, 1.807) is 48.5 Å². The normalized spacial score (nSPS) is 10.1. The summed E-state index contributed by atoms with van der Waals surface area (Å²) in [6.45, 7) is 1.51. The van der Waals surface area contributed by atoms with E-state index in [2.05, 4.69) is 20.4 Å². The molecule has 3 aromatic rings. The van der Waals surface area contributed by atoms with Gasteiger partial charge in [0, 0.05) is 16.9 Å². The van der Waals surface area contributed by atoms with Crippen molar-refractivity contribution in [2.45, 2.75) is 6.92 Å². The first-order valence-corrected chi connectivity index (χ1v) is 8.80. The number of anilines is 3. The van der Waals surface area contributed by atoms with Crippen LogP contribution in [0.15, 0.2) is 66.9 Å². The van der Waals surface area contributed by atoms with E-state index in [1.807, 2.05) is 6.07 Å². The van der Waals surface area contributed by atoms with Crippen LogP contribution in [0, 0.1) is 0 Å². The number of nitrogens with one attached hydrogen (secondary N) is 2. The number of benzene rings is 2. The zero-order chi connectivity index (χ0) is 20.8. The van der Waals surface area contributed by atoms with Gasteiger partial charge in [-0.3, -0.25) is 9.59 Å². The standard InChI is InChI=1S/C22H19N3O4/c1-14(26)15-5-3-7-17(11-15)24-19-9-10-20(23-13-19)21(27)25-18-8-4-6-16(12-18)22(28)29-2/h3-13,24H,1-2H3,(H,25,27). The third-order valence-electron chi connectivity index (χ3n) is 4.10. The van der Waals surface area contributed by atoms with E-state index in [4.69, 9.17) is 0 Å². The number of methoxy groups -OCH3 is 1. The van der Waals surface area contributed by atoms with E-state index < -0.39 is 11.9 Å². The summed E-state index contributed by atoms with van der Waals surface area (Å²) >= 11 is 0. The van der Waals surface area contributed by atoms with Gasteiger partial charge in [0.2, 0.25) is 0 Å². The molecule has 0 fully saturated rings. The molecule has 0 aliphatic carbocycles. The highest BCUT2D eigenvalue weighted by atomic mass is 16.5. The minimum absolute atomic E-state index is 0.0185. The second-order valence-electron chi connectivity index (χ2n) is 6.22. The Morgan fingerprint density at radius 2 is 1.55 bits per heavy atom. The van der Waals surface area contributed by atoms with Crippen molar-refractivity contribution in [3.8, 4) is 0 Å². The fourth-order valence-corrected chi connectivity index (χ4v) is 2.62. The number of ether oxygens (including phenoxy) is 1. The summed E-state index contributed by atoms with van der Waals surface area (Å²) in [5.41, 5.74) is 3.05. The van der Waals surface area contributed by atoms with E-state index in [0.717, 1.165) is 5.69 Å². The molecule has 1 aromatic heterocycles. The summed E-state index contributed by atoms with van der Waals surface area (Å²) < 4.78 is 4.67. The number of carbonyl (C=O) groups excluding carboxylic acids is 3. The molecule has 0 saturated heterocycles. The molecule has 7 nitrogen and oxygen atoms in total. The Balaban J connectivity index is 1.68. The minimum atomic E-state index is -0.483. The van der Waals surface area contributed by atoms with Gasteiger partial charge in [0.15, 0.2) is 5.78 Å². The molecule has 0 unspecified atom stereocenters. The topological polar surface area (TPSA) is 97.4 Å². The van der Waals surface area contributed by atoms with E-state index in [1.165, 1.54) is 26.3 Å². The van der Waals surface area contributed by atoms with Crippen molar-refractivity contribution >= 4 is 34.7 Å². The van der Waals surface area contributed by atoms with Crippen molar-refractivity contribution in [3.63, 3.8) is 0 Å². The second-order valence-corrected chi connectivity index (χ2v) is 6.22. The van der Waals surface area contributed by atoms with Gasteiger partial charge >= 0.3 is 5.97 Å². The molecule has 0 bridgehead atoms. The molecule has 146 valence electrons. The summed E-state index contributed by atoms with van der Waals surface area (Å²) in [5, 5.41) is 5.84. The van der Waals surface area contributed by atoms with Gasteiger partial charge in [-0.1, -0.05) is 18.2 Å². The number of hydrogen-bond donors (Lipinski definition) is 2. The van der Waals surface area contributed by atoms with Gasteiger partial charge in [0.05, 0.1) is 24.6 Å². The Bertz CT molecular complexity index is 1060. The molecular formula is C22H19N3O4. The van der Waals surface area contributed by atoms with Crippen LogP contribution in [0.4, 0.5) is 17.1 Å². The number of hydrogen-bond acceptors (Lipinski definition) is 6. The SMILES string of the molecule is COC(=O)c1cccc(NC(=O)c2ccc(Nc3cccc(C(C)=O)c3)cn2)c1. The second kappa shape index (κ2) is 8.79. The fourth-order valence-electron chi connectivity index (χ4n) is 2.62. The van der Waals surface area contributed by atoms with Crippen LogP contribution in [0.1, 0.15) is 38.1 Å². The maximum Gasteiger partial charge on any atom is 0.337 e. The highest BCUT2D eigenvalue weighted by Crippen LogP contribution is 2.18. The number of Topliss-reactive ketones (excluding diaryl/α,β-unsaturated/α-hetero) is 1. The molecule has 0 aliphatic heterocycles. The van der Waals surface area contributed by atoms with Gasteiger partial charge in [0.25, 0.3) is 5.91 Å². The van der Waals surface area contributed by atoms with E-state index in [0.29, 0.717) is 22.5 Å². The first-order valence-electron chi connectivity index (χ1n) is 8.80. The summed E-state index contributed by atoms with van der Waals surface area (Å²) in [5.74, 6) is -0.907. The van der Waals surface area contributed by atoms with Crippen LogP contribution >= 0.6 is 0 Å². The molecule has 2 N–H and O–H groups in total. The molecule has 0 radical (unpaired) electrons. The molecule has 1 amide bonds. The maximum absolute atomic E-state index is 12.4. The minimum Gasteiger partial charge on any atom is -0.465 e. The lowest BCUT2D eigenvalue weighted by Crippen LogP contribution is -2.14. The summed E-state index contributed by atoms with van der Waals surface area (Å²) in [4.78, 5) is 39.7. The van der Waals surface area contributed by atoms with Crippen LogP contribution in [0.5, 0.6) is 0 Å². The average molecular weight is 389 g/mol. The van der Waals surface area contributed by atoms with Crippen LogP contribution in [0.2, 0.25) is 0 Å². The van der Waals surface area contributed by atoms with Crippen LogP contribution in [0.25, 0.3) is 0 Å². The molecule has 0 spiro atoms. The van der Waals surface area contributed by atoms with E-state index in [-0.39, 0.29) is 11.5 Å². The van der Waals surface area contributed by atoms with Gasteiger partial charge in [-0.05, 0) is 49.4 Å². The molecule has 0 atom stereocenters. The van der Waals surface area contributed by atoms with Crippen LogP contribution in [-0.4, -0.2) is 29.8 Å². The number of rotatable bonds is 6. The van der Waals surface area contributed by atoms with Gasteiger partial charge in [-0.25, -0.2) is 9.78 Å². The number of pyridine rings is 1. The average Bonchev–Trinajstić information content (AvgIpc) is 2.74. The van der Waals surface area contributed by atoms with Gasteiger partial charge in [-0.15, -0.1) is 0 Å². The van der Waals surface area contributed by atoms with Crippen LogP contribution < -0.4 is 10.6 Å². The van der Waals surface area contributed by atoms with Gasteiger partial charge in [0.1, 0.15) is 5.69 Å². The zero-order valence-electron chi connectivity index (χ0n) is 15.9. The lowest BCUT2D eigenvalue weighted by Gasteiger charge is -2.09. The quantitative estimate of drug-likeness (QED) is 0.487. The van der Waals surface area contributed by atoms with Crippen LogP contribution in [-0.2, 0) is 4.74 Å². The maximum atomic E-state index is 12.4. The molecule has 2 aromatic carbocycles. The third-order valence-corrected chi connectivity index (χ3v) is 4.10. The Hall–Kier alpha value is -4.00. The fraction of sp³-hybridized carbons (Fsp3) is 0.0909. The highest BCUT2D eigenvalue weighted by Gasteiger charge is 2.11. The zero-order valence-corrected chi connectivity index (χ0v) is 15.9. The molecule has 3 rings (SSSR count). The molecular weight excluding hydrogens is 370 g/mol. The molecule has 7 heteroatoms. The number of aromatic nitrogens is 1. The van der Waals surface area contributed by atoms with Gasteiger partial charge in [-0.2, -0.15) is 0 Å². The summed E-state index contributed by atoms with van der Waals surface area (Å²) in [6.07, 6.45) is 1.53. The first kappa shape index (κ1) is 19.8. The summed E-state index contributed by atoms with van der Waals surface area (Å²) in [6, 6.07) is 16.9. The van der Waals surface area contributed by atoms with Gasteiger partial charge < -0.3 is 15.4 Å². The first-order chi connectivity index (χ1) is 14.0. The Labute approximate surface area is 167 Å². The Morgan fingerprint density at radius 3 is 2.21 bits per heavy atom. The number of nitrogens with zero attached hydrogens (tertiary/aromatic N) is 1. The van der Waals surface area contributed by atoms with Crippen molar-refractivity contribution in [1.29, 1.82) is 0 Å². The van der Waals surface area contributed by atoms with Crippen molar-refractivity contribution in [2.24, 2.45) is 0 Å². The Morgan fingerprint density at radius 1 is 0.862 bits per heavy atom. The molecule has 0 saturated carbocycles. The highest BCUT2D eigenvalue weighted by molar-refractivity contribution is 6.03. The van der Waals surface area contributed by atoms with E-state index >= 15 is 0 Å². The lowest BCUT2D eigenvalue weighted by molar-refractivity contribution is 0.0600. The summed E-state index contributed by atoms with van der Waals surface area (Å²) in [7, 11) is 1.30. The van der Waals surface area contributed by atoms with E-state index in [9.17, 15) is 14.4 Å². The Kier molecular flexibility index (Phi) is 5.99. The smallest absolute Gasteiger partial charge is 0.337 e. The predicted molar refractivity (Wildman–Crippen MR) is 110 cm³/mol. The monoisotopic (exact) mass is 389 g/mol. The van der Waals surface area contributed by atoms with Crippen LogP contribution in [0.3, 0.4) is 0 Å². The number of amides is 1. The lowest BCUT2D eigenvalue weighted by atomic mass is 10.1. The van der Waals surface area contributed by atoms with Crippen molar-refractivity contribution in [1.82, 2.24) is 4.98 Å². The third kappa shape index (κ3) is 5.04. The van der Waals surface area contributed by atoms with Crippen molar-refractivity contribution in [3.05, 3.63) is 83.7 Å². The largest absolute Gasteiger partial charge is 0.465 e. The number of ketones is 1. The predicted octanol–water partition coefficient (Wildman–Crippen LogP) is 4.07. The number of carbonyl (C=O) groups is 3. The number of esters is 1. The van der Waals surface area contributed by atoms with Crippen molar-refractivity contribution < 1.29 is 19.1 Å². The molecule has 0 aliphatic rings. The molecule has 1 heterocycles. The molecule has 29 heavy (non-hydrogen) atoms.